The Hall–Kier alpha value is -4.58. The third-order valence-electron chi connectivity index (χ3n) is 7.57. The van der Waals surface area contributed by atoms with Crippen LogP contribution in [0.15, 0.2) is 97.2 Å². The van der Waals surface area contributed by atoms with E-state index in [0.29, 0.717) is 12.5 Å². The summed E-state index contributed by atoms with van der Waals surface area (Å²) in [5, 5.41) is 8.09. The van der Waals surface area contributed by atoms with Crippen LogP contribution in [0.2, 0.25) is 0 Å². The van der Waals surface area contributed by atoms with Gasteiger partial charge in [0.2, 0.25) is 0 Å². The number of benzene rings is 3. The normalized spacial score (nSPS) is 14.6. The van der Waals surface area contributed by atoms with Gasteiger partial charge in [-0.25, -0.2) is 9.48 Å². The largest absolute Gasteiger partial charge is 0.322 e. The van der Waals surface area contributed by atoms with Crippen LogP contribution in [0.5, 0.6) is 0 Å². The molecule has 0 saturated carbocycles. The monoisotopic (exact) mass is 515 g/mol. The lowest BCUT2D eigenvalue weighted by atomic mass is 9.97. The van der Waals surface area contributed by atoms with Crippen LogP contribution in [0.4, 0.5) is 10.5 Å². The van der Waals surface area contributed by atoms with Gasteiger partial charge in [-0.15, -0.1) is 0 Å². The van der Waals surface area contributed by atoms with Gasteiger partial charge in [-0.2, -0.15) is 5.10 Å². The van der Waals surface area contributed by atoms with Crippen molar-refractivity contribution in [1.82, 2.24) is 19.2 Å². The fourth-order valence-electron chi connectivity index (χ4n) is 5.40. The van der Waals surface area contributed by atoms with Crippen LogP contribution >= 0.6 is 0 Å². The molecule has 196 valence electrons. The molecule has 1 atom stereocenters. The highest BCUT2D eigenvalue weighted by atomic mass is 16.2. The van der Waals surface area contributed by atoms with E-state index in [1.807, 2.05) is 72.0 Å². The third kappa shape index (κ3) is 4.52. The number of urea groups is 1. The Kier molecular flexibility index (Phi) is 6.31. The van der Waals surface area contributed by atoms with E-state index < -0.39 is 0 Å². The molecule has 0 radical (unpaired) electrons. The molecule has 0 unspecified atom stereocenters. The van der Waals surface area contributed by atoms with Gasteiger partial charge in [-0.05, 0) is 67.3 Å². The molecule has 6 nitrogen and oxygen atoms in total. The van der Waals surface area contributed by atoms with E-state index in [9.17, 15) is 4.79 Å². The SMILES string of the molecule is Cc1ccc(NC(=O)N2Cc3c(C)nn(-c4ccccc4)c3-n3cccc3[C@H]2c2ccc(C(C)C)cc2)cc1. The molecule has 1 aliphatic heterocycles. The summed E-state index contributed by atoms with van der Waals surface area (Å²) in [6, 6.07) is 30.5. The summed E-state index contributed by atoms with van der Waals surface area (Å²) in [7, 11) is 0. The van der Waals surface area contributed by atoms with Gasteiger partial charge in [0, 0.05) is 17.4 Å². The molecule has 0 aliphatic carbocycles. The minimum atomic E-state index is -0.289. The molecule has 3 heterocycles. The van der Waals surface area contributed by atoms with E-state index in [4.69, 9.17) is 5.10 Å². The summed E-state index contributed by atoms with van der Waals surface area (Å²) in [5.74, 6) is 1.40. The van der Waals surface area contributed by atoms with E-state index in [1.54, 1.807) is 0 Å². The minimum Gasteiger partial charge on any atom is -0.308 e. The van der Waals surface area contributed by atoms with E-state index in [2.05, 4.69) is 72.4 Å². The average molecular weight is 516 g/mol. The summed E-state index contributed by atoms with van der Waals surface area (Å²) < 4.78 is 4.19. The fourth-order valence-corrected chi connectivity index (χ4v) is 5.40. The molecule has 0 spiro atoms. The van der Waals surface area contributed by atoms with Crippen molar-refractivity contribution in [2.24, 2.45) is 0 Å². The highest BCUT2D eigenvalue weighted by Crippen LogP contribution is 2.39. The highest BCUT2D eigenvalue weighted by molar-refractivity contribution is 5.90. The summed E-state index contributed by atoms with van der Waals surface area (Å²) in [6.45, 7) is 8.88. The van der Waals surface area contributed by atoms with Gasteiger partial charge >= 0.3 is 6.03 Å². The lowest BCUT2D eigenvalue weighted by Gasteiger charge is -2.31. The average Bonchev–Trinajstić information content (AvgIpc) is 3.51. The van der Waals surface area contributed by atoms with Crippen LogP contribution in [0.3, 0.4) is 0 Å². The Morgan fingerprint density at radius 1 is 0.897 bits per heavy atom. The van der Waals surface area contributed by atoms with Crippen LogP contribution in [-0.2, 0) is 6.54 Å². The Morgan fingerprint density at radius 3 is 2.31 bits per heavy atom. The number of aromatic nitrogens is 3. The van der Waals surface area contributed by atoms with E-state index in [0.717, 1.165) is 45.3 Å². The number of rotatable bonds is 4. The molecule has 2 amide bonds. The van der Waals surface area contributed by atoms with E-state index in [-0.39, 0.29) is 12.1 Å². The topological polar surface area (TPSA) is 55.1 Å². The Morgan fingerprint density at radius 2 is 1.62 bits per heavy atom. The van der Waals surface area contributed by atoms with Crippen molar-refractivity contribution >= 4 is 11.7 Å². The fraction of sp³-hybridized carbons (Fsp3) is 0.212. The molecule has 2 aromatic heterocycles. The second kappa shape index (κ2) is 9.95. The number of anilines is 1. The predicted molar refractivity (Wildman–Crippen MR) is 156 cm³/mol. The van der Waals surface area contributed by atoms with Crippen LogP contribution in [0, 0.1) is 13.8 Å². The van der Waals surface area contributed by atoms with Crippen molar-refractivity contribution in [1.29, 1.82) is 0 Å². The first-order valence-corrected chi connectivity index (χ1v) is 13.5. The second-order valence-electron chi connectivity index (χ2n) is 10.6. The Bertz CT molecular complexity index is 1610. The molecule has 39 heavy (non-hydrogen) atoms. The number of hydrogen-bond acceptors (Lipinski definition) is 2. The van der Waals surface area contributed by atoms with E-state index in [1.165, 1.54) is 5.56 Å². The zero-order valence-corrected chi connectivity index (χ0v) is 22.8. The van der Waals surface area contributed by atoms with Crippen molar-refractivity contribution in [2.75, 3.05) is 5.32 Å². The molecule has 1 aliphatic rings. The smallest absolute Gasteiger partial charge is 0.308 e. The van der Waals surface area contributed by atoms with Gasteiger partial charge in [0.05, 0.1) is 29.7 Å². The predicted octanol–water partition coefficient (Wildman–Crippen LogP) is 7.54. The lowest BCUT2D eigenvalue weighted by molar-refractivity contribution is 0.194. The molecule has 0 bridgehead atoms. The number of carbonyl (C=O) groups is 1. The number of para-hydroxylation sites is 1. The summed E-state index contributed by atoms with van der Waals surface area (Å²) >= 11 is 0. The van der Waals surface area contributed by atoms with Gasteiger partial charge in [0.25, 0.3) is 0 Å². The maximum absolute atomic E-state index is 14.1. The van der Waals surface area contributed by atoms with E-state index >= 15 is 0 Å². The van der Waals surface area contributed by atoms with Crippen LogP contribution in [0.1, 0.15) is 59.4 Å². The molecular formula is C33H33N5O. The van der Waals surface area contributed by atoms with Crippen molar-refractivity contribution in [3.63, 3.8) is 0 Å². The number of hydrogen-bond donors (Lipinski definition) is 1. The zero-order valence-electron chi connectivity index (χ0n) is 22.8. The Labute approximate surface area is 229 Å². The van der Waals surface area contributed by atoms with Gasteiger partial charge in [-0.3, -0.25) is 0 Å². The standard InChI is InChI=1S/C33H33N5O/c1-22(2)25-14-16-26(17-15-25)31-30-11-8-20-36(30)32-29(24(4)35-38(32)28-9-6-5-7-10-28)21-37(31)33(39)34-27-18-12-23(3)13-19-27/h5-20,22,31H,21H2,1-4H3,(H,34,39)/t31-/m1/s1. The quantitative estimate of drug-likeness (QED) is 0.269. The third-order valence-corrected chi connectivity index (χ3v) is 7.57. The number of fused-ring (bicyclic) bond motifs is 3. The summed E-state index contributed by atoms with van der Waals surface area (Å²) in [6.07, 6.45) is 2.07. The minimum absolute atomic E-state index is 0.149. The molecule has 0 fully saturated rings. The molecule has 1 N–H and O–H groups in total. The van der Waals surface area contributed by atoms with Crippen LogP contribution < -0.4 is 5.32 Å². The second-order valence-corrected chi connectivity index (χ2v) is 10.6. The van der Waals surface area contributed by atoms with Crippen LogP contribution in [-0.4, -0.2) is 25.3 Å². The van der Waals surface area contributed by atoms with Gasteiger partial charge in [0.1, 0.15) is 5.82 Å². The summed E-state index contributed by atoms with van der Waals surface area (Å²) in [4.78, 5) is 16.0. The maximum Gasteiger partial charge on any atom is 0.322 e. The first-order chi connectivity index (χ1) is 18.9. The molecular weight excluding hydrogens is 482 g/mol. The first kappa shape index (κ1) is 24.7. The summed E-state index contributed by atoms with van der Waals surface area (Å²) in [5.41, 5.74) is 8.19. The number of amides is 2. The molecule has 6 heteroatoms. The van der Waals surface area contributed by atoms with Crippen molar-refractivity contribution in [3.8, 4) is 11.5 Å². The van der Waals surface area contributed by atoms with Crippen LogP contribution in [0.25, 0.3) is 11.5 Å². The molecule has 3 aromatic carbocycles. The lowest BCUT2D eigenvalue weighted by Crippen LogP contribution is -2.38. The number of aryl methyl sites for hydroxylation is 2. The van der Waals surface area contributed by atoms with Crippen molar-refractivity contribution in [2.45, 2.75) is 46.2 Å². The van der Waals surface area contributed by atoms with Gasteiger partial charge in [-0.1, -0.05) is 74.0 Å². The zero-order chi connectivity index (χ0) is 27.1. The number of nitrogens with one attached hydrogen (secondary N) is 1. The molecule has 5 aromatic rings. The number of nitrogens with zero attached hydrogens (tertiary/aromatic N) is 4. The van der Waals surface area contributed by atoms with Crippen molar-refractivity contribution in [3.05, 3.63) is 131 Å². The number of carbonyl (C=O) groups excluding carboxylic acids is 1. The van der Waals surface area contributed by atoms with Gasteiger partial charge in [0.15, 0.2) is 0 Å². The Balaban J connectivity index is 1.52. The van der Waals surface area contributed by atoms with Gasteiger partial charge < -0.3 is 14.8 Å². The molecule has 0 saturated heterocycles. The highest BCUT2D eigenvalue weighted by Gasteiger charge is 2.36. The van der Waals surface area contributed by atoms with Crippen molar-refractivity contribution < 1.29 is 4.79 Å². The maximum atomic E-state index is 14.1. The first-order valence-electron chi connectivity index (χ1n) is 13.5. The molecule has 6 rings (SSSR count).